The molecule has 5 heteroatoms. The molecule has 24 heavy (non-hydrogen) atoms. The molecule has 0 aliphatic heterocycles. The zero-order valence-electron chi connectivity index (χ0n) is 14.0. The van der Waals surface area contributed by atoms with Gasteiger partial charge in [-0.05, 0) is 55.7 Å². The van der Waals surface area contributed by atoms with Gasteiger partial charge in [0.15, 0.2) is 6.04 Å². The minimum absolute atomic E-state index is 0.359. The van der Waals surface area contributed by atoms with Gasteiger partial charge in [-0.2, -0.15) is 0 Å². The molecule has 0 spiro atoms. The zero-order valence-corrected chi connectivity index (χ0v) is 14.0. The lowest BCUT2D eigenvalue weighted by atomic mass is 9.97. The number of carboxylic acid groups (broad SMARTS) is 1. The van der Waals surface area contributed by atoms with Crippen molar-refractivity contribution in [2.45, 2.75) is 26.8 Å². The van der Waals surface area contributed by atoms with Crippen LogP contribution in [0.2, 0.25) is 0 Å². The Morgan fingerprint density at radius 1 is 1.17 bits per heavy atom. The molecule has 126 valence electrons. The Balaban J connectivity index is 2.28. The molecule has 0 aliphatic carbocycles. The highest BCUT2D eigenvalue weighted by Crippen LogP contribution is 2.22. The van der Waals surface area contributed by atoms with Crippen LogP contribution in [0, 0.1) is 13.8 Å². The molecule has 0 saturated carbocycles. The van der Waals surface area contributed by atoms with Crippen molar-refractivity contribution in [3.8, 4) is 5.75 Å². The van der Waals surface area contributed by atoms with E-state index in [9.17, 15) is 14.7 Å². The molecule has 1 amide bonds. The van der Waals surface area contributed by atoms with Gasteiger partial charge in [0.1, 0.15) is 5.75 Å². The highest BCUT2D eigenvalue weighted by molar-refractivity contribution is 5.97. The van der Waals surface area contributed by atoms with Crippen molar-refractivity contribution in [1.29, 1.82) is 0 Å². The van der Waals surface area contributed by atoms with E-state index in [1.807, 2.05) is 26.8 Å². The highest BCUT2D eigenvalue weighted by Gasteiger charge is 2.24. The Bertz CT molecular complexity index is 755. The first-order valence-corrected chi connectivity index (χ1v) is 7.76. The summed E-state index contributed by atoms with van der Waals surface area (Å²) in [5.41, 5.74) is 2.77. The van der Waals surface area contributed by atoms with E-state index in [-0.39, 0.29) is 0 Å². The number of carbonyl (C=O) groups excluding carboxylic acids is 1. The van der Waals surface area contributed by atoms with Gasteiger partial charge in [-0.3, -0.25) is 4.79 Å². The van der Waals surface area contributed by atoms with Crippen LogP contribution >= 0.6 is 0 Å². The molecule has 2 aromatic rings. The van der Waals surface area contributed by atoms with Crippen LogP contribution < -0.4 is 10.1 Å². The summed E-state index contributed by atoms with van der Waals surface area (Å²) in [6.45, 7) is 6.10. The first-order valence-electron chi connectivity index (χ1n) is 7.76. The van der Waals surface area contributed by atoms with Crippen LogP contribution in [0.1, 0.15) is 40.0 Å². The number of rotatable bonds is 6. The molecule has 2 aromatic carbocycles. The topological polar surface area (TPSA) is 75.6 Å². The molecular formula is C19H21NO4. The molecule has 0 aromatic heterocycles. The van der Waals surface area contributed by atoms with Gasteiger partial charge in [0, 0.05) is 5.56 Å². The number of carboxylic acids is 1. The predicted octanol–water partition coefficient (Wildman–Crippen LogP) is 3.26. The van der Waals surface area contributed by atoms with Crippen LogP contribution in [0.5, 0.6) is 5.75 Å². The average Bonchev–Trinajstić information content (AvgIpc) is 2.55. The van der Waals surface area contributed by atoms with Gasteiger partial charge in [0.2, 0.25) is 0 Å². The number of amides is 1. The molecule has 1 unspecified atom stereocenters. The summed E-state index contributed by atoms with van der Waals surface area (Å²) in [5, 5.41) is 12.1. The minimum atomic E-state index is -1.10. The van der Waals surface area contributed by atoms with Crippen molar-refractivity contribution in [3.63, 3.8) is 0 Å². The van der Waals surface area contributed by atoms with Gasteiger partial charge in [-0.25, -0.2) is 4.79 Å². The van der Waals surface area contributed by atoms with E-state index in [4.69, 9.17) is 4.74 Å². The molecule has 1 atom stereocenters. The molecule has 0 heterocycles. The van der Waals surface area contributed by atoms with Crippen LogP contribution in [-0.2, 0) is 4.79 Å². The van der Waals surface area contributed by atoms with Crippen LogP contribution in [-0.4, -0.2) is 23.6 Å². The number of aryl methyl sites for hydroxylation is 1. The third kappa shape index (κ3) is 3.93. The summed E-state index contributed by atoms with van der Waals surface area (Å²) in [6.07, 6.45) is 0. The van der Waals surface area contributed by atoms with Crippen LogP contribution in [0.3, 0.4) is 0 Å². The third-order valence-corrected chi connectivity index (χ3v) is 3.89. The van der Waals surface area contributed by atoms with Crippen molar-refractivity contribution in [3.05, 3.63) is 64.7 Å². The van der Waals surface area contributed by atoms with Gasteiger partial charge in [-0.1, -0.05) is 24.3 Å². The summed E-state index contributed by atoms with van der Waals surface area (Å²) in [4.78, 5) is 24.1. The summed E-state index contributed by atoms with van der Waals surface area (Å²) >= 11 is 0. The standard InChI is InChI=1S/C19H21NO4/c1-4-24-15-9-6-8-14(11-15)18(21)20-17(19(22)23)16-10-5-7-12(2)13(16)3/h5-11,17H,4H2,1-3H3,(H,20,21)(H,22,23). The van der Waals surface area contributed by atoms with Crippen molar-refractivity contribution in [2.75, 3.05) is 6.61 Å². The van der Waals surface area contributed by atoms with E-state index in [1.165, 1.54) is 0 Å². The fourth-order valence-electron chi connectivity index (χ4n) is 2.47. The summed E-state index contributed by atoms with van der Waals surface area (Å²) in [5.74, 6) is -0.980. The molecule has 2 rings (SSSR count). The number of nitrogens with one attached hydrogen (secondary N) is 1. The van der Waals surface area contributed by atoms with Gasteiger partial charge in [0.25, 0.3) is 5.91 Å². The monoisotopic (exact) mass is 327 g/mol. The zero-order chi connectivity index (χ0) is 17.7. The Morgan fingerprint density at radius 3 is 2.54 bits per heavy atom. The lowest BCUT2D eigenvalue weighted by Gasteiger charge is -2.18. The molecule has 5 nitrogen and oxygen atoms in total. The van der Waals surface area contributed by atoms with E-state index < -0.39 is 17.9 Å². The van der Waals surface area contributed by atoms with Crippen LogP contribution in [0.25, 0.3) is 0 Å². The van der Waals surface area contributed by atoms with E-state index >= 15 is 0 Å². The maximum atomic E-state index is 12.5. The smallest absolute Gasteiger partial charge is 0.330 e. The van der Waals surface area contributed by atoms with Gasteiger partial charge >= 0.3 is 5.97 Å². The molecule has 0 aliphatic rings. The number of ether oxygens (including phenoxy) is 1. The first-order chi connectivity index (χ1) is 11.4. The number of hydrogen-bond acceptors (Lipinski definition) is 3. The second-order valence-corrected chi connectivity index (χ2v) is 5.49. The van der Waals surface area contributed by atoms with E-state index in [0.29, 0.717) is 23.5 Å². The Labute approximate surface area is 141 Å². The van der Waals surface area contributed by atoms with E-state index in [2.05, 4.69) is 5.32 Å². The van der Waals surface area contributed by atoms with Gasteiger partial charge < -0.3 is 15.2 Å². The SMILES string of the molecule is CCOc1cccc(C(=O)NC(C(=O)O)c2cccc(C)c2C)c1. The summed E-state index contributed by atoms with van der Waals surface area (Å²) in [6, 6.07) is 11.0. The fraction of sp³-hybridized carbons (Fsp3) is 0.263. The number of hydrogen-bond donors (Lipinski definition) is 2. The molecule has 0 fully saturated rings. The first kappa shape index (κ1) is 17.5. The average molecular weight is 327 g/mol. The van der Waals surface area contributed by atoms with Crippen LogP contribution in [0.4, 0.5) is 0 Å². The lowest BCUT2D eigenvalue weighted by molar-refractivity contribution is -0.139. The maximum Gasteiger partial charge on any atom is 0.330 e. The van der Waals surface area contributed by atoms with Crippen molar-refractivity contribution < 1.29 is 19.4 Å². The van der Waals surface area contributed by atoms with Crippen molar-refractivity contribution >= 4 is 11.9 Å². The maximum absolute atomic E-state index is 12.5. The van der Waals surface area contributed by atoms with E-state index in [1.54, 1.807) is 36.4 Å². The fourth-order valence-corrected chi connectivity index (χ4v) is 2.47. The van der Waals surface area contributed by atoms with Crippen molar-refractivity contribution in [2.24, 2.45) is 0 Å². The highest BCUT2D eigenvalue weighted by atomic mass is 16.5. The second kappa shape index (κ2) is 7.64. The second-order valence-electron chi connectivity index (χ2n) is 5.49. The summed E-state index contributed by atoms with van der Waals surface area (Å²) < 4.78 is 5.37. The Morgan fingerprint density at radius 2 is 1.88 bits per heavy atom. The third-order valence-electron chi connectivity index (χ3n) is 3.89. The number of carbonyl (C=O) groups is 2. The summed E-state index contributed by atoms with van der Waals surface area (Å²) in [7, 11) is 0. The molecule has 0 radical (unpaired) electrons. The largest absolute Gasteiger partial charge is 0.494 e. The van der Waals surface area contributed by atoms with Crippen molar-refractivity contribution in [1.82, 2.24) is 5.32 Å². The van der Waals surface area contributed by atoms with Gasteiger partial charge in [0.05, 0.1) is 6.61 Å². The van der Waals surface area contributed by atoms with Crippen LogP contribution in [0.15, 0.2) is 42.5 Å². The molecule has 0 bridgehead atoms. The predicted molar refractivity (Wildman–Crippen MR) is 91.4 cm³/mol. The van der Waals surface area contributed by atoms with Gasteiger partial charge in [-0.15, -0.1) is 0 Å². The van der Waals surface area contributed by atoms with E-state index in [0.717, 1.165) is 11.1 Å². The Hall–Kier alpha value is -2.82. The normalized spacial score (nSPS) is 11.6. The number of aliphatic carboxylic acids is 1. The quantitative estimate of drug-likeness (QED) is 0.854. The lowest BCUT2D eigenvalue weighted by Crippen LogP contribution is -2.34. The Kier molecular flexibility index (Phi) is 5.58. The molecule has 2 N–H and O–H groups in total. The number of benzene rings is 2. The minimum Gasteiger partial charge on any atom is -0.494 e. The molecular weight excluding hydrogens is 306 g/mol. The molecule has 0 saturated heterocycles.